The van der Waals surface area contributed by atoms with Gasteiger partial charge in [0.25, 0.3) is 0 Å². The number of rotatable bonds is 46. The molecule has 376 valence electrons. The number of carboxylic acids is 1. The lowest BCUT2D eigenvalue weighted by Gasteiger charge is -2.31. The third-order valence-corrected chi connectivity index (χ3v) is 11.2. The molecule has 0 aromatic heterocycles. The highest BCUT2D eigenvalue weighted by Crippen LogP contribution is 2.15. The van der Waals surface area contributed by atoms with Crippen molar-refractivity contribution in [1.82, 2.24) is 0 Å². The molecule has 0 aliphatic heterocycles. The van der Waals surface area contributed by atoms with Crippen LogP contribution in [0, 0.1) is 0 Å². The number of aliphatic carboxylic acids is 1. The highest BCUT2D eigenvalue weighted by Gasteiger charge is 2.31. The van der Waals surface area contributed by atoms with Crippen LogP contribution in [0.4, 0.5) is 0 Å². The minimum absolute atomic E-state index is 0.0495. The topological polar surface area (TPSA) is 99.1 Å². The van der Waals surface area contributed by atoms with Crippen molar-refractivity contribution < 1.29 is 38.2 Å². The van der Waals surface area contributed by atoms with Gasteiger partial charge in [0.05, 0.1) is 34.4 Å². The molecule has 0 saturated heterocycles. The highest BCUT2D eigenvalue weighted by atomic mass is 16.6. The number of hydrogen-bond donors (Lipinski definition) is 1. The SMILES string of the molecule is CC/C=C/C/C=C/C/C=C/C/C=C/C/C=C/CCCCCCCCC(=O)OCC(COCCC(C(=O)O)[N+](C)(C)C)OC(=O)CCCCCCCCCCCC/C=C/C/C=C/C/C=C/CC. The largest absolute Gasteiger partial charge is 0.477 e. The lowest BCUT2D eigenvalue weighted by molar-refractivity contribution is -0.887. The van der Waals surface area contributed by atoms with Crippen molar-refractivity contribution in [2.24, 2.45) is 0 Å². The maximum Gasteiger partial charge on any atom is 0.362 e. The molecule has 0 spiro atoms. The molecule has 0 fully saturated rings. The van der Waals surface area contributed by atoms with Gasteiger partial charge in [-0.15, -0.1) is 0 Å². The molecule has 66 heavy (non-hydrogen) atoms. The summed E-state index contributed by atoms with van der Waals surface area (Å²) in [5.74, 6) is -1.50. The van der Waals surface area contributed by atoms with Crippen LogP contribution in [-0.4, -0.2) is 80.6 Å². The minimum atomic E-state index is -0.881. The summed E-state index contributed by atoms with van der Waals surface area (Å²) in [7, 11) is 5.52. The zero-order valence-electron chi connectivity index (χ0n) is 42.9. The normalized spacial score (nSPS) is 13.7. The minimum Gasteiger partial charge on any atom is -0.477 e. The summed E-state index contributed by atoms with van der Waals surface area (Å²) < 4.78 is 17.4. The van der Waals surface area contributed by atoms with Gasteiger partial charge in [0.2, 0.25) is 0 Å². The first kappa shape index (κ1) is 62.2. The van der Waals surface area contributed by atoms with Crippen molar-refractivity contribution in [2.45, 2.75) is 212 Å². The van der Waals surface area contributed by atoms with Crippen LogP contribution in [0.5, 0.6) is 0 Å². The van der Waals surface area contributed by atoms with Crippen LogP contribution in [-0.2, 0) is 28.6 Å². The second kappa shape index (κ2) is 47.7. The van der Waals surface area contributed by atoms with Crippen LogP contribution in [0.2, 0.25) is 0 Å². The third kappa shape index (κ3) is 45.4. The van der Waals surface area contributed by atoms with E-state index >= 15 is 0 Å². The van der Waals surface area contributed by atoms with Crippen molar-refractivity contribution >= 4 is 17.9 Å². The zero-order chi connectivity index (χ0) is 48.4. The Morgan fingerprint density at radius 2 is 0.803 bits per heavy atom. The van der Waals surface area contributed by atoms with E-state index in [0.29, 0.717) is 19.3 Å². The summed E-state index contributed by atoms with van der Waals surface area (Å²) in [5.41, 5.74) is 0. The molecule has 0 saturated carbocycles. The Labute approximate surface area is 405 Å². The third-order valence-electron chi connectivity index (χ3n) is 11.2. The van der Waals surface area contributed by atoms with Crippen LogP contribution in [0.3, 0.4) is 0 Å². The van der Waals surface area contributed by atoms with E-state index in [-0.39, 0.29) is 36.2 Å². The Hall–Kier alpha value is -3.75. The lowest BCUT2D eigenvalue weighted by atomic mass is 10.0. The van der Waals surface area contributed by atoms with E-state index in [2.05, 4.69) is 111 Å². The summed E-state index contributed by atoms with van der Waals surface area (Å²) in [6, 6.07) is -0.624. The van der Waals surface area contributed by atoms with Gasteiger partial charge in [0, 0.05) is 19.3 Å². The van der Waals surface area contributed by atoms with Crippen molar-refractivity contribution in [3.05, 3.63) is 97.2 Å². The van der Waals surface area contributed by atoms with Gasteiger partial charge in [-0.2, -0.15) is 0 Å². The molecule has 0 aliphatic rings. The van der Waals surface area contributed by atoms with Crippen molar-refractivity contribution in [1.29, 1.82) is 0 Å². The molecule has 8 heteroatoms. The first-order chi connectivity index (χ1) is 32.1. The van der Waals surface area contributed by atoms with Crippen LogP contribution < -0.4 is 0 Å². The van der Waals surface area contributed by atoms with Crippen LogP contribution in [0.1, 0.15) is 200 Å². The number of nitrogens with zero attached hydrogens (tertiary/aromatic N) is 1. The van der Waals surface area contributed by atoms with Crippen molar-refractivity contribution in [3.63, 3.8) is 0 Å². The van der Waals surface area contributed by atoms with E-state index in [9.17, 15) is 19.5 Å². The summed E-state index contributed by atoms with van der Waals surface area (Å²) in [4.78, 5) is 37.2. The molecule has 2 atom stereocenters. The monoisotopic (exact) mass is 921 g/mol. The predicted octanol–water partition coefficient (Wildman–Crippen LogP) is 15.4. The van der Waals surface area contributed by atoms with E-state index in [1.807, 2.05) is 21.1 Å². The number of ether oxygens (including phenoxy) is 3. The van der Waals surface area contributed by atoms with Gasteiger partial charge in [-0.3, -0.25) is 9.59 Å². The average molecular weight is 921 g/mol. The van der Waals surface area contributed by atoms with Crippen LogP contribution in [0.15, 0.2) is 97.2 Å². The van der Waals surface area contributed by atoms with Crippen LogP contribution in [0.25, 0.3) is 0 Å². The van der Waals surface area contributed by atoms with Gasteiger partial charge in [-0.05, 0) is 89.9 Å². The van der Waals surface area contributed by atoms with Gasteiger partial charge < -0.3 is 23.8 Å². The van der Waals surface area contributed by atoms with Gasteiger partial charge >= 0.3 is 17.9 Å². The molecule has 0 aromatic carbocycles. The quantitative estimate of drug-likeness (QED) is 0.0281. The van der Waals surface area contributed by atoms with Gasteiger partial charge in [0.1, 0.15) is 6.61 Å². The fraction of sp³-hybridized carbons (Fsp3) is 0.672. The second-order valence-corrected chi connectivity index (χ2v) is 18.4. The first-order valence-electron chi connectivity index (χ1n) is 26.3. The van der Waals surface area contributed by atoms with E-state index in [1.165, 1.54) is 64.2 Å². The second-order valence-electron chi connectivity index (χ2n) is 18.4. The number of esters is 2. The summed E-state index contributed by atoms with van der Waals surface area (Å²) >= 11 is 0. The molecule has 0 aliphatic carbocycles. The van der Waals surface area contributed by atoms with E-state index in [0.717, 1.165) is 103 Å². The number of unbranched alkanes of at least 4 members (excludes halogenated alkanes) is 16. The van der Waals surface area contributed by atoms with E-state index < -0.39 is 18.1 Å². The molecular weight excluding hydrogens is 823 g/mol. The number of quaternary nitrogens is 1. The molecule has 0 amide bonds. The summed E-state index contributed by atoms with van der Waals surface area (Å²) in [6.07, 6.45) is 64.5. The number of hydrogen-bond acceptors (Lipinski definition) is 6. The van der Waals surface area contributed by atoms with Crippen molar-refractivity contribution in [2.75, 3.05) is 41.0 Å². The predicted molar refractivity (Wildman–Crippen MR) is 279 cm³/mol. The average Bonchev–Trinajstić information content (AvgIpc) is 3.28. The Morgan fingerprint density at radius 3 is 1.18 bits per heavy atom. The summed E-state index contributed by atoms with van der Waals surface area (Å²) in [6.45, 7) is 4.50. The van der Waals surface area contributed by atoms with Gasteiger partial charge in [0.15, 0.2) is 12.1 Å². The number of carbonyl (C=O) groups excluding carboxylic acids is 2. The first-order valence-corrected chi connectivity index (χ1v) is 26.3. The standard InChI is InChI=1S/C58H97NO7/c1-6-8-10-12-14-16-18-20-22-24-26-28-29-31-32-34-36-38-40-42-44-46-48-56(60)65-53-54(52-64-51-50-55(58(62)63)59(3,4)5)66-57(61)49-47-45-43-41-39-37-35-33-30-27-25-23-21-19-17-15-13-11-9-7-2/h8-11,14-17,20-23,26,28,31-32,54-55H,6-7,12-13,18-19,24-25,27,29-30,33-53H2,1-5H3/p+1/b10-8+,11-9+,16-14+,17-15+,22-20+,23-21+,28-26+,32-31+. The molecule has 2 unspecified atom stereocenters. The van der Waals surface area contributed by atoms with Crippen LogP contribution >= 0.6 is 0 Å². The molecule has 0 aromatic rings. The maximum absolute atomic E-state index is 12.8. The molecular formula is C58H98NO7+. The van der Waals surface area contributed by atoms with Crippen molar-refractivity contribution in [3.8, 4) is 0 Å². The number of likely N-dealkylation sites (N-methyl/N-ethyl adjacent to an activating group) is 1. The number of carboxylic acid groups (broad SMARTS) is 1. The Balaban J connectivity index is 4.28. The Kier molecular flexibility index (Phi) is 45.0. The molecule has 0 radical (unpaired) electrons. The lowest BCUT2D eigenvalue weighted by Crippen LogP contribution is -2.50. The molecule has 0 heterocycles. The zero-order valence-corrected chi connectivity index (χ0v) is 42.9. The molecule has 0 rings (SSSR count). The number of allylic oxidation sites excluding steroid dienone is 16. The Bertz CT molecular complexity index is 1400. The molecule has 8 nitrogen and oxygen atoms in total. The smallest absolute Gasteiger partial charge is 0.362 e. The molecule has 0 bridgehead atoms. The maximum atomic E-state index is 12.8. The van der Waals surface area contributed by atoms with E-state index in [4.69, 9.17) is 14.2 Å². The summed E-state index contributed by atoms with van der Waals surface area (Å²) in [5, 5.41) is 9.66. The highest BCUT2D eigenvalue weighted by molar-refractivity contribution is 5.72. The number of carbonyl (C=O) groups is 3. The van der Waals surface area contributed by atoms with Gasteiger partial charge in [-0.25, -0.2) is 4.79 Å². The Morgan fingerprint density at radius 1 is 0.455 bits per heavy atom. The molecule has 1 N–H and O–H groups in total. The fourth-order valence-corrected chi connectivity index (χ4v) is 7.25. The fourth-order valence-electron chi connectivity index (χ4n) is 7.25. The van der Waals surface area contributed by atoms with Gasteiger partial charge in [-0.1, -0.05) is 188 Å². The van der Waals surface area contributed by atoms with E-state index in [1.54, 1.807) is 0 Å².